The van der Waals surface area contributed by atoms with E-state index in [2.05, 4.69) is 0 Å². The van der Waals surface area contributed by atoms with Gasteiger partial charge in [0.1, 0.15) is 0 Å². The molecule has 0 atom stereocenters. The van der Waals surface area contributed by atoms with Crippen LogP contribution in [0, 0.1) is 5.41 Å². The van der Waals surface area contributed by atoms with E-state index in [1.165, 1.54) is 0 Å². The zero-order chi connectivity index (χ0) is 13.5. The number of hydrogen-bond acceptors (Lipinski definition) is 1. The summed E-state index contributed by atoms with van der Waals surface area (Å²) in [5.41, 5.74) is 1.15. The lowest BCUT2D eigenvalue weighted by Gasteiger charge is -2.19. The molecule has 1 heterocycles. The van der Waals surface area contributed by atoms with Gasteiger partial charge in [-0.2, -0.15) is 0 Å². The molecular weight excluding hydrogens is 250 g/mol. The molecule has 0 radical (unpaired) electrons. The molecule has 0 aliphatic rings. The van der Waals surface area contributed by atoms with Gasteiger partial charge in [0.25, 0.3) is 0 Å². The van der Waals surface area contributed by atoms with Crippen LogP contribution in [0.5, 0.6) is 0 Å². The van der Waals surface area contributed by atoms with Gasteiger partial charge in [-0.15, -0.1) is 0 Å². The van der Waals surface area contributed by atoms with Gasteiger partial charge in [0.05, 0.1) is 16.0 Å². The Balaban J connectivity index is 2.51. The monoisotopic (exact) mass is 265 g/mol. The Hall–Kier alpha value is -1.48. The fourth-order valence-corrected chi connectivity index (χ4v) is 2.43. The van der Waals surface area contributed by atoms with Gasteiger partial charge < -0.3 is 9.67 Å². The van der Waals surface area contributed by atoms with Crippen LogP contribution in [-0.4, -0.2) is 15.6 Å². The summed E-state index contributed by atoms with van der Waals surface area (Å²) in [5, 5.41) is 10.9. The quantitative estimate of drug-likeness (QED) is 0.923. The second kappa shape index (κ2) is 4.32. The van der Waals surface area contributed by atoms with Gasteiger partial charge in [0, 0.05) is 24.5 Å². The third-order valence-electron chi connectivity index (χ3n) is 3.31. The number of aliphatic carboxylic acids is 1. The Kier molecular flexibility index (Phi) is 3.11. The van der Waals surface area contributed by atoms with E-state index in [0.29, 0.717) is 11.4 Å². The third kappa shape index (κ3) is 2.10. The van der Waals surface area contributed by atoms with Gasteiger partial charge in [-0.05, 0) is 26.0 Å². The molecule has 0 amide bonds. The molecule has 1 aromatic heterocycles. The predicted molar refractivity (Wildman–Crippen MR) is 73.0 cm³/mol. The highest BCUT2D eigenvalue weighted by atomic mass is 35.5. The number of aryl methyl sites for hydroxylation is 1. The number of benzene rings is 1. The molecule has 3 nitrogen and oxygen atoms in total. The Morgan fingerprint density at radius 2 is 2.11 bits per heavy atom. The Bertz CT molecular complexity index is 614. The summed E-state index contributed by atoms with van der Waals surface area (Å²) in [6, 6.07) is 7.73. The van der Waals surface area contributed by atoms with Crippen LogP contribution in [0.4, 0.5) is 0 Å². The lowest BCUT2D eigenvalue weighted by molar-refractivity contribution is -0.146. The van der Waals surface area contributed by atoms with E-state index in [-0.39, 0.29) is 0 Å². The number of fused-ring (bicyclic) bond motifs is 1. The Morgan fingerprint density at radius 1 is 1.44 bits per heavy atom. The molecule has 0 bridgehead atoms. The molecule has 0 fully saturated rings. The summed E-state index contributed by atoms with van der Waals surface area (Å²) in [6.07, 6.45) is 0.476. The van der Waals surface area contributed by atoms with Crippen LogP contribution in [0.1, 0.15) is 19.5 Å². The Morgan fingerprint density at radius 3 is 2.67 bits per heavy atom. The number of carbonyl (C=O) groups is 1. The minimum atomic E-state index is -0.793. The zero-order valence-electron chi connectivity index (χ0n) is 10.7. The van der Waals surface area contributed by atoms with Crippen LogP contribution in [-0.2, 0) is 18.3 Å². The molecule has 18 heavy (non-hydrogen) atoms. The first-order valence-corrected chi connectivity index (χ1v) is 6.17. The minimum Gasteiger partial charge on any atom is -0.481 e. The number of aromatic nitrogens is 1. The summed E-state index contributed by atoms with van der Waals surface area (Å²) < 4.78 is 1.97. The van der Waals surface area contributed by atoms with Gasteiger partial charge in [0.2, 0.25) is 0 Å². The van der Waals surface area contributed by atoms with Crippen LogP contribution in [0.15, 0.2) is 24.3 Å². The number of rotatable bonds is 3. The van der Waals surface area contributed by atoms with Crippen molar-refractivity contribution in [3.63, 3.8) is 0 Å². The SMILES string of the molecule is Cn1c(CC(C)(C)C(=O)O)cc2cccc(Cl)c21. The second-order valence-corrected chi connectivity index (χ2v) is 5.65. The van der Waals surface area contributed by atoms with Gasteiger partial charge in [-0.3, -0.25) is 4.79 Å². The van der Waals surface area contributed by atoms with Crippen molar-refractivity contribution in [1.29, 1.82) is 0 Å². The van der Waals surface area contributed by atoms with Gasteiger partial charge in [-0.25, -0.2) is 0 Å². The van der Waals surface area contributed by atoms with Gasteiger partial charge >= 0.3 is 5.97 Å². The predicted octanol–water partition coefficient (Wildman–Crippen LogP) is 3.49. The van der Waals surface area contributed by atoms with Crippen LogP contribution in [0.3, 0.4) is 0 Å². The van der Waals surface area contributed by atoms with Crippen molar-refractivity contribution < 1.29 is 9.90 Å². The minimum absolute atomic E-state index is 0.476. The molecule has 0 aliphatic heterocycles. The van der Waals surface area contributed by atoms with E-state index in [1.54, 1.807) is 13.8 Å². The van der Waals surface area contributed by atoms with E-state index >= 15 is 0 Å². The summed E-state index contributed by atoms with van der Waals surface area (Å²) in [7, 11) is 1.92. The molecule has 1 N–H and O–H groups in total. The summed E-state index contributed by atoms with van der Waals surface area (Å²) in [4.78, 5) is 11.2. The van der Waals surface area contributed by atoms with Crippen LogP contribution in [0.2, 0.25) is 5.02 Å². The highest BCUT2D eigenvalue weighted by Gasteiger charge is 2.28. The molecule has 0 saturated carbocycles. The number of hydrogen-bond donors (Lipinski definition) is 1. The molecule has 96 valence electrons. The molecule has 0 unspecified atom stereocenters. The van der Waals surface area contributed by atoms with Crippen molar-refractivity contribution in [3.8, 4) is 0 Å². The average molecular weight is 266 g/mol. The number of carboxylic acid groups (broad SMARTS) is 1. The highest BCUT2D eigenvalue weighted by Crippen LogP contribution is 2.30. The fourth-order valence-electron chi connectivity index (χ4n) is 2.12. The van der Waals surface area contributed by atoms with Gasteiger partial charge in [0.15, 0.2) is 0 Å². The summed E-state index contributed by atoms with van der Waals surface area (Å²) in [6.45, 7) is 3.46. The number of carboxylic acids is 1. The van der Waals surface area contributed by atoms with Crippen molar-refractivity contribution in [3.05, 3.63) is 35.0 Å². The van der Waals surface area contributed by atoms with Crippen LogP contribution in [0.25, 0.3) is 10.9 Å². The molecule has 0 aliphatic carbocycles. The maximum absolute atomic E-state index is 11.2. The molecule has 1 aromatic carbocycles. The van der Waals surface area contributed by atoms with Crippen LogP contribution < -0.4 is 0 Å². The first-order valence-electron chi connectivity index (χ1n) is 5.79. The van der Waals surface area contributed by atoms with Crippen molar-refractivity contribution in [2.45, 2.75) is 20.3 Å². The lowest BCUT2D eigenvalue weighted by atomic mass is 9.88. The molecular formula is C14H16ClNO2. The smallest absolute Gasteiger partial charge is 0.309 e. The standard InChI is InChI=1S/C14H16ClNO2/c1-14(2,13(17)18)8-10-7-9-5-4-6-11(15)12(9)16(10)3/h4-7H,8H2,1-3H3,(H,17,18). The molecule has 2 rings (SSSR count). The zero-order valence-corrected chi connectivity index (χ0v) is 11.5. The fraction of sp³-hybridized carbons (Fsp3) is 0.357. The maximum Gasteiger partial charge on any atom is 0.309 e. The van der Waals surface area contributed by atoms with Crippen molar-refractivity contribution >= 4 is 28.5 Å². The van der Waals surface area contributed by atoms with Gasteiger partial charge in [-0.1, -0.05) is 23.7 Å². The first kappa shape index (κ1) is 13.0. The molecule has 2 aromatic rings. The van der Waals surface area contributed by atoms with E-state index in [9.17, 15) is 9.90 Å². The highest BCUT2D eigenvalue weighted by molar-refractivity contribution is 6.35. The number of para-hydroxylation sites is 1. The van der Waals surface area contributed by atoms with E-state index in [4.69, 9.17) is 11.6 Å². The van der Waals surface area contributed by atoms with Crippen molar-refractivity contribution in [2.75, 3.05) is 0 Å². The topological polar surface area (TPSA) is 42.2 Å². The molecule has 4 heteroatoms. The number of nitrogens with zero attached hydrogens (tertiary/aromatic N) is 1. The van der Waals surface area contributed by atoms with Crippen molar-refractivity contribution in [1.82, 2.24) is 4.57 Å². The number of halogens is 1. The normalized spacial score (nSPS) is 12.0. The van der Waals surface area contributed by atoms with Crippen LogP contribution >= 0.6 is 11.6 Å². The lowest BCUT2D eigenvalue weighted by Crippen LogP contribution is -2.27. The molecule has 0 saturated heterocycles. The van der Waals surface area contributed by atoms with Crippen molar-refractivity contribution in [2.24, 2.45) is 12.5 Å². The largest absolute Gasteiger partial charge is 0.481 e. The summed E-state index contributed by atoms with van der Waals surface area (Å²) in [5.74, 6) is -0.793. The van der Waals surface area contributed by atoms with E-state index in [0.717, 1.165) is 16.6 Å². The average Bonchev–Trinajstić information content (AvgIpc) is 2.56. The molecule has 0 spiro atoms. The van der Waals surface area contributed by atoms with E-state index < -0.39 is 11.4 Å². The maximum atomic E-state index is 11.2. The first-order chi connectivity index (χ1) is 8.33. The second-order valence-electron chi connectivity index (χ2n) is 5.24. The Labute approximate surface area is 111 Å². The summed E-state index contributed by atoms with van der Waals surface area (Å²) >= 11 is 6.17. The third-order valence-corrected chi connectivity index (χ3v) is 3.61. The van der Waals surface area contributed by atoms with E-state index in [1.807, 2.05) is 35.9 Å².